The lowest BCUT2D eigenvalue weighted by atomic mass is 10.0. The van der Waals surface area contributed by atoms with Crippen LogP contribution in [-0.4, -0.2) is 45.4 Å². The average Bonchev–Trinajstić information content (AvgIpc) is 3.17. The number of rotatable bonds is 8. The van der Waals surface area contributed by atoms with E-state index in [4.69, 9.17) is 9.47 Å². The lowest BCUT2D eigenvalue weighted by Gasteiger charge is -2.09. The Morgan fingerprint density at radius 3 is 2.48 bits per heavy atom. The molecule has 0 atom stereocenters. The molecule has 3 rings (SSSR count). The van der Waals surface area contributed by atoms with Crippen LogP contribution in [0.4, 0.5) is 5.69 Å². The van der Waals surface area contributed by atoms with Crippen LogP contribution in [-0.2, 0) is 11.3 Å². The van der Waals surface area contributed by atoms with Gasteiger partial charge in [0.05, 0.1) is 25.2 Å². The molecule has 0 amide bonds. The van der Waals surface area contributed by atoms with Crippen molar-refractivity contribution in [3.63, 3.8) is 0 Å². The van der Waals surface area contributed by atoms with E-state index >= 15 is 0 Å². The van der Waals surface area contributed by atoms with Gasteiger partial charge < -0.3 is 9.47 Å². The molecule has 0 spiro atoms. The molecule has 0 N–H and O–H groups in total. The smallest absolute Gasteiger partial charge is 0.361 e. The molecule has 0 saturated carbocycles. The summed E-state index contributed by atoms with van der Waals surface area (Å²) in [5.74, 6) is -0.916. The number of carbonyl (C=O) groups is 2. The minimum atomic E-state index is -0.831. The summed E-state index contributed by atoms with van der Waals surface area (Å²) in [6.07, 6.45) is 0. The third-order valence-corrected chi connectivity index (χ3v) is 4.50. The maximum absolute atomic E-state index is 13.4. The first-order valence-corrected chi connectivity index (χ1v) is 9.39. The molecular weight excluding hydrogens is 404 g/mol. The molecule has 0 unspecified atom stereocenters. The lowest BCUT2D eigenvalue weighted by Crippen LogP contribution is -2.18. The Labute approximate surface area is 177 Å². The van der Waals surface area contributed by atoms with Gasteiger partial charge in [-0.15, -0.1) is 5.10 Å². The van der Waals surface area contributed by atoms with Gasteiger partial charge in [0.2, 0.25) is 11.5 Å². The highest BCUT2D eigenvalue weighted by molar-refractivity contribution is 6.14. The van der Waals surface area contributed by atoms with Crippen molar-refractivity contribution in [2.45, 2.75) is 20.4 Å². The number of benzene rings is 2. The van der Waals surface area contributed by atoms with E-state index in [0.29, 0.717) is 11.3 Å². The largest absolute Gasteiger partial charge is 0.497 e. The molecular formula is C21H20N4O6. The van der Waals surface area contributed by atoms with Crippen molar-refractivity contribution in [2.24, 2.45) is 0 Å². The molecule has 0 saturated heterocycles. The molecule has 31 heavy (non-hydrogen) atoms. The Balaban J connectivity index is 2.11. The van der Waals surface area contributed by atoms with Crippen LogP contribution in [0.1, 0.15) is 44.6 Å². The quantitative estimate of drug-likeness (QED) is 0.234. The molecule has 0 fully saturated rings. The maximum Gasteiger partial charge on any atom is 0.361 e. The standard InChI is InChI=1S/C21H20N4O6/c1-4-31-21(27)18-19(20(26)16-11-13(2)5-10-17(16)25(28)29)24(23-22-18)12-14-6-8-15(30-3)9-7-14/h5-11H,4,12H2,1-3H3. The molecule has 0 radical (unpaired) electrons. The number of nitrogens with zero attached hydrogens (tertiary/aromatic N) is 4. The average molecular weight is 424 g/mol. The van der Waals surface area contributed by atoms with Crippen molar-refractivity contribution >= 4 is 17.4 Å². The maximum atomic E-state index is 13.4. The van der Waals surface area contributed by atoms with Gasteiger partial charge in [-0.05, 0) is 43.2 Å². The summed E-state index contributed by atoms with van der Waals surface area (Å²) < 4.78 is 11.4. The predicted octanol–water partition coefficient (Wildman–Crippen LogP) is 2.96. The van der Waals surface area contributed by atoms with Crippen LogP contribution in [0.5, 0.6) is 5.75 Å². The number of carbonyl (C=O) groups excluding carboxylic acids is 2. The van der Waals surface area contributed by atoms with E-state index in [-0.39, 0.29) is 35.8 Å². The van der Waals surface area contributed by atoms with Crippen LogP contribution in [0.3, 0.4) is 0 Å². The summed E-state index contributed by atoms with van der Waals surface area (Å²) in [7, 11) is 1.55. The molecule has 0 aliphatic carbocycles. The zero-order valence-corrected chi connectivity index (χ0v) is 17.2. The normalized spacial score (nSPS) is 10.5. The first-order chi connectivity index (χ1) is 14.8. The van der Waals surface area contributed by atoms with Gasteiger partial charge in [-0.3, -0.25) is 14.9 Å². The van der Waals surface area contributed by atoms with Crippen LogP contribution in [0.25, 0.3) is 0 Å². The summed E-state index contributed by atoms with van der Waals surface area (Å²) >= 11 is 0. The van der Waals surface area contributed by atoms with Gasteiger partial charge >= 0.3 is 5.97 Å². The van der Waals surface area contributed by atoms with E-state index < -0.39 is 16.7 Å². The first-order valence-electron chi connectivity index (χ1n) is 9.39. The zero-order chi connectivity index (χ0) is 22.5. The molecule has 0 aliphatic rings. The Kier molecular flexibility index (Phi) is 6.39. The number of aryl methyl sites for hydroxylation is 1. The molecule has 1 heterocycles. The summed E-state index contributed by atoms with van der Waals surface area (Å²) in [6, 6.07) is 11.2. The second-order valence-corrected chi connectivity index (χ2v) is 6.62. The van der Waals surface area contributed by atoms with Crippen molar-refractivity contribution in [2.75, 3.05) is 13.7 Å². The number of ether oxygens (including phenoxy) is 2. The molecule has 2 aromatic carbocycles. The number of nitro benzene ring substituents is 1. The fourth-order valence-corrected chi connectivity index (χ4v) is 3.01. The highest BCUT2D eigenvalue weighted by atomic mass is 16.6. The SMILES string of the molecule is CCOC(=O)c1nnn(Cc2ccc(OC)cc2)c1C(=O)c1cc(C)ccc1[N+](=O)[O-]. The van der Waals surface area contributed by atoms with Crippen molar-refractivity contribution in [3.8, 4) is 5.75 Å². The van der Waals surface area contributed by atoms with Gasteiger partial charge in [0, 0.05) is 6.07 Å². The fourth-order valence-electron chi connectivity index (χ4n) is 3.01. The minimum absolute atomic E-state index is 0.0718. The van der Waals surface area contributed by atoms with E-state index in [1.165, 1.54) is 22.9 Å². The van der Waals surface area contributed by atoms with E-state index in [1.54, 1.807) is 45.2 Å². The van der Waals surface area contributed by atoms with Crippen LogP contribution < -0.4 is 4.74 Å². The number of aromatic nitrogens is 3. The van der Waals surface area contributed by atoms with Gasteiger partial charge in [-0.2, -0.15) is 0 Å². The third-order valence-electron chi connectivity index (χ3n) is 4.50. The van der Waals surface area contributed by atoms with E-state index in [0.717, 1.165) is 5.56 Å². The number of methoxy groups -OCH3 is 1. The monoisotopic (exact) mass is 424 g/mol. The highest BCUT2D eigenvalue weighted by Crippen LogP contribution is 2.25. The lowest BCUT2D eigenvalue weighted by molar-refractivity contribution is -0.385. The summed E-state index contributed by atoms with van der Waals surface area (Å²) in [4.78, 5) is 36.6. The second-order valence-electron chi connectivity index (χ2n) is 6.62. The molecule has 10 nitrogen and oxygen atoms in total. The topological polar surface area (TPSA) is 126 Å². The second kappa shape index (κ2) is 9.16. The highest BCUT2D eigenvalue weighted by Gasteiger charge is 2.31. The molecule has 3 aromatic rings. The summed E-state index contributed by atoms with van der Waals surface area (Å²) in [5, 5.41) is 19.3. The van der Waals surface area contributed by atoms with Crippen LogP contribution >= 0.6 is 0 Å². The Bertz CT molecular complexity index is 1140. The van der Waals surface area contributed by atoms with E-state index in [9.17, 15) is 19.7 Å². The number of hydrogen-bond donors (Lipinski definition) is 0. The van der Waals surface area contributed by atoms with Gasteiger partial charge in [0.1, 0.15) is 17.0 Å². The molecule has 0 aliphatic heterocycles. The first kappa shape index (κ1) is 21.6. The zero-order valence-electron chi connectivity index (χ0n) is 17.2. The Morgan fingerprint density at radius 2 is 1.87 bits per heavy atom. The van der Waals surface area contributed by atoms with E-state index in [1.807, 2.05) is 0 Å². The Hall–Kier alpha value is -4.08. The van der Waals surface area contributed by atoms with Crippen molar-refractivity contribution in [3.05, 3.63) is 80.7 Å². The number of esters is 1. The summed E-state index contributed by atoms with van der Waals surface area (Å²) in [6.45, 7) is 3.51. The number of hydrogen-bond acceptors (Lipinski definition) is 8. The van der Waals surface area contributed by atoms with Gasteiger partial charge in [0.25, 0.3) is 5.69 Å². The van der Waals surface area contributed by atoms with Crippen molar-refractivity contribution in [1.82, 2.24) is 15.0 Å². The van der Waals surface area contributed by atoms with Crippen molar-refractivity contribution in [1.29, 1.82) is 0 Å². The van der Waals surface area contributed by atoms with E-state index in [2.05, 4.69) is 10.3 Å². The van der Waals surface area contributed by atoms with Crippen molar-refractivity contribution < 1.29 is 24.0 Å². The number of ketones is 1. The van der Waals surface area contributed by atoms with Crippen LogP contribution in [0.2, 0.25) is 0 Å². The van der Waals surface area contributed by atoms with Gasteiger partial charge in [0.15, 0.2) is 0 Å². The van der Waals surface area contributed by atoms with Gasteiger partial charge in [-0.1, -0.05) is 23.4 Å². The summed E-state index contributed by atoms with van der Waals surface area (Å²) in [5.41, 5.74) is 0.408. The predicted molar refractivity (Wildman–Crippen MR) is 109 cm³/mol. The molecule has 1 aromatic heterocycles. The van der Waals surface area contributed by atoms with Gasteiger partial charge in [-0.25, -0.2) is 9.48 Å². The molecule has 10 heteroatoms. The van der Waals surface area contributed by atoms with Crippen LogP contribution in [0.15, 0.2) is 42.5 Å². The fraction of sp³-hybridized carbons (Fsp3) is 0.238. The number of nitro groups is 1. The minimum Gasteiger partial charge on any atom is -0.497 e. The Morgan fingerprint density at radius 1 is 1.16 bits per heavy atom. The molecule has 160 valence electrons. The van der Waals surface area contributed by atoms with Crippen LogP contribution in [0, 0.1) is 17.0 Å². The third kappa shape index (κ3) is 4.58. The molecule has 0 bridgehead atoms.